The molecule has 4 nitrogen and oxygen atoms in total. The molecule has 0 saturated carbocycles. The number of carbonyl (C=O) groups excluding carboxylic acids is 2. The summed E-state index contributed by atoms with van der Waals surface area (Å²) in [6, 6.07) is 16.8. The fourth-order valence-corrected chi connectivity index (χ4v) is 2.24. The van der Waals surface area contributed by atoms with Crippen molar-refractivity contribution < 1.29 is 9.59 Å². The highest BCUT2D eigenvalue weighted by Crippen LogP contribution is 2.15. The van der Waals surface area contributed by atoms with Crippen molar-refractivity contribution >= 4 is 17.5 Å². The van der Waals surface area contributed by atoms with Crippen LogP contribution in [0.25, 0.3) is 0 Å². The summed E-state index contributed by atoms with van der Waals surface area (Å²) in [6.45, 7) is 4.36. The molecule has 114 valence electrons. The van der Waals surface area contributed by atoms with E-state index in [0.717, 1.165) is 11.3 Å². The van der Waals surface area contributed by atoms with Gasteiger partial charge in [-0.3, -0.25) is 9.59 Å². The van der Waals surface area contributed by atoms with Crippen molar-refractivity contribution in [1.82, 2.24) is 5.32 Å². The Hall–Kier alpha value is -2.62. The number of aryl methyl sites for hydroxylation is 1. The Kier molecular flexibility index (Phi) is 5.31. The van der Waals surface area contributed by atoms with Gasteiger partial charge in [0.05, 0.1) is 0 Å². The van der Waals surface area contributed by atoms with Crippen molar-refractivity contribution in [2.75, 3.05) is 18.0 Å². The van der Waals surface area contributed by atoms with Gasteiger partial charge < -0.3 is 10.2 Å². The Morgan fingerprint density at radius 1 is 1.05 bits per heavy atom. The van der Waals surface area contributed by atoms with Crippen LogP contribution in [0, 0.1) is 6.92 Å². The van der Waals surface area contributed by atoms with Crippen molar-refractivity contribution in [3.05, 3.63) is 65.7 Å². The summed E-state index contributed by atoms with van der Waals surface area (Å²) in [4.78, 5) is 25.5. The molecule has 0 atom stereocenters. The standard InChI is InChI=1S/C18H20N2O2/c1-14-7-6-10-17(13-14)20(15(2)21)12-11-19-18(22)16-8-4-3-5-9-16/h3-10,13H,11-12H2,1-2H3,(H,19,22). The smallest absolute Gasteiger partial charge is 0.251 e. The average Bonchev–Trinajstić information content (AvgIpc) is 2.51. The Morgan fingerprint density at radius 3 is 2.41 bits per heavy atom. The molecular formula is C18H20N2O2. The number of nitrogens with zero attached hydrogens (tertiary/aromatic N) is 1. The first kappa shape index (κ1) is 15.8. The van der Waals surface area contributed by atoms with Crippen LogP contribution in [0.5, 0.6) is 0 Å². The van der Waals surface area contributed by atoms with E-state index < -0.39 is 0 Å². The second-order valence-corrected chi connectivity index (χ2v) is 5.13. The zero-order valence-corrected chi connectivity index (χ0v) is 12.9. The Labute approximate surface area is 130 Å². The van der Waals surface area contributed by atoms with Crippen molar-refractivity contribution in [2.45, 2.75) is 13.8 Å². The molecule has 0 bridgehead atoms. The minimum Gasteiger partial charge on any atom is -0.350 e. The summed E-state index contributed by atoms with van der Waals surface area (Å²) in [7, 11) is 0. The number of nitrogens with one attached hydrogen (secondary N) is 1. The molecule has 0 heterocycles. The maximum absolute atomic E-state index is 12.0. The first-order valence-corrected chi connectivity index (χ1v) is 7.26. The van der Waals surface area contributed by atoms with Crippen LogP contribution in [-0.4, -0.2) is 24.9 Å². The number of carbonyl (C=O) groups is 2. The molecule has 0 aliphatic heterocycles. The first-order chi connectivity index (χ1) is 10.6. The van der Waals surface area contributed by atoms with Gasteiger partial charge in [0, 0.05) is 31.3 Å². The lowest BCUT2D eigenvalue weighted by Crippen LogP contribution is -2.37. The van der Waals surface area contributed by atoms with Crippen molar-refractivity contribution in [1.29, 1.82) is 0 Å². The van der Waals surface area contributed by atoms with Crippen molar-refractivity contribution in [3.63, 3.8) is 0 Å². The number of amides is 2. The van der Waals surface area contributed by atoms with Gasteiger partial charge in [0.15, 0.2) is 0 Å². The van der Waals surface area contributed by atoms with Crippen LogP contribution in [0.4, 0.5) is 5.69 Å². The Bertz CT molecular complexity index is 653. The van der Waals surface area contributed by atoms with Gasteiger partial charge in [0.2, 0.25) is 5.91 Å². The van der Waals surface area contributed by atoms with Crippen LogP contribution in [-0.2, 0) is 4.79 Å². The van der Waals surface area contributed by atoms with E-state index in [1.165, 1.54) is 6.92 Å². The molecule has 0 unspecified atom stereocenters. The molecule has 0 radical (unpaired) electrons. The van der Waals surface area contributed by atoms with Crippen LogP contribution in [0.2, 0.25) is 0 Å². The van der Waals surface area contributed by atoms with Gasteiger partial charge in [0.25, 0.3) is 5.91 Å². The number of hydrogen-bond donors (Lipinski definition) is 1. The van der Waals surface area contributed by atoms with E-state index in [2.05, 4.69) is 5.32 Å². The number of hydrogen-bond acceptors (Lipinski definition) is 2. The van der Waals surface area contributed by atoms with E-state index in [-0.39, 0.29) is 11.8 Å². The molecule has 2 amide bonds. The molecule has 2 aromatic carbocycles. The molecule has 0 saturated heterocycles. The SMILES string of the molecule is CC(=O)N(CCNC(=O)c1ccccc1)c1cccc(C)c1. The highest BCUT2D eigenvalue weighted by Gasteiger charge is 2.12. The summed E-state index contributed by atoms with van der Waals surface area (Å²) in [5.74, 6) is -0.173. The third-order valence-corrected chi connectivity index (χ3v) is 3.35. The minimum absolute atomic E-state index is 0.0421. The summed E-state index contributed by atoms with van der Waals surface area (Å²) in [5, 5.41) is 2.84. The predicted octanol–water partition coefficient (Wildman–Crippen LogP) is 2.78. The van der Waals surface area contributed by atoms with E-state index in [0.29, 0.717) is 18.7 Å². The second kappa shape index (κ2) is 7.41. The van der Waals surface area contributed by atoms with Gasteiger partial charge in [-0.05, 0) is 36.8 Å². The topological polar surface area (TPSA) is 49.4 Å². The fourth-order valence-electron chi connectivity index (χ4n) is 2.24. The van der Waals surface area contributed by atoms with Gasteiger partial charge in [-0.2, -0.15) is 0 Å². The predicted molar refractivity (Wildman–Crippen MR) is 88.0 cm³/mol. The molecular weight excluding hydrogens is 276 g/mol. The molecule has 1 N–H and O–H groups in total. The molecule has 2 rings (SSSR count). The van der Waals surface area contributed by atoms with Crippen molar-refractivity contribution in [3.8, 4) is 0 Å². The number of rotatable bonds is 5. The van der Waals surface area contributed by atoms with Crippen LogP contribution in [0.1, 0.15) is 22.8 Å². The van der Waals surface area contributed by atoms with Gasteiger partial charge in [0.1, 0.15) is 0 Å². The number of anilines is 1. The molecule has 0 spiro atoms. The Balaban J connectivity index is 1.96. The summed E-state index contributed by atoms with van der Waals surface area (Å²) >= 11 is 0. The molecule has 0 aliphatic carbocycles. The van der Waals surface area contributed by atoms with Gasteiger partial charge in [-0.1, -0.05) is 30.3 Å². The third-order valence-electron chi connectivity index (χ3n) is 3.35. The lowest BCUT2D eigenvalue weighted by Gasteiger charge is -2.21. The van der Waals surface area contributed by atoms with Crippen molar-refractivity contribution in [2.24, 2.45) is 0 Å². The van der Waals surface area contributed by atoms with E-state index >= 15 is 0 Å². The van der Waals surface area contributed by atoms with Gasteiger partial charge >= 0.3 is 0 Å². The third kappa shape index (κ3) is 4.19. The first-order valence-electron chi connectivity index (χ1n) is 7.26. The summed E-state index contributed by atoms with van der Waals surface area (Å²) in [5.41, 5.74) is 2.56. The lowest BCUT2D eigenvalue weighted by atomic mass is 10.2. The van der Waals surface area contributed by atoms with E-state index in [1.54, 1.807) is 17.0 Å². The summed E-state index contributed by atoms with van der Waals surface area (Å²) in [6.07, 6.45) is 0. The zero-order valence-electron chi connectivity index (χ0n) is 12.9. The second-order valence-electron chi connectivity index (χ2n) is 5.13. The van der Waals surface area contributed by atoms with E-state index in [1.807, 2.05) is 49.4 Å². The maximum atomic E-state index is 12.0. The molecule has 0 fully saturated rings. The monoisotopic (exact) mass is 296 g/mol. The highest BCUT2D eigenvalue weighted by molar-refractivity contribution is 5.94. The van der Waals surface area contributed by atoms with Crippen LogP contribution >= 0.6 is 0 Å². The largest absolute Gasteiger partial charge is 0.350 e. The summed E-state index contributed by atoms with van der Waals surface area (Å²) < 4.78 is 0. The number of benzene rings is 2. The average molecular weight is 296 g/mol. The molecule has 0 aliphatic rings. The fraction of sp³-hybridized carbons (Fsp3) is 0.222. The maximum Gasteiger partial charge on any atom is 0.251 e. The van der Waals surface area contributed by atoms with Crippen LogP contribution in [0.3, 0.4) is 0 Å². The lowest BCUT2D eigenvalue weighted by molar-refractivity contribution is -0.116. The quantitative estimate of drug-likeness (QED) is 0.922. The normalized spacial score (nSPS) is 10.1. The molecule has 2 aromatic rings. The van der Waals surface area contributed by atoms with Crippen LogP contribution in [0.15, 0.2) is 54.6 Å². The molecule has 22 heavy (non-hydrogen) atoms. The van der Waals surface area contributed by atoms with E-state index in [4.69, 9.17) is 0 Å². The highest BCUT2D eigenvalue weighted by atomic mass is 16.2. The Morgan fingerprint density at radius 2 is 1.77 bits per heavy atom. The molecule has 4 heteroatoms. The van der Waals surface area contributed by atoms with Gasteiger partial charge in [-0.15, -0.1) is 0 Å². The van der Waals surface area contributed by atoms with Gasteiger partial charge in [-0.25, -0.2) is 0 Å². The molecule has 0 aromatic heterocycles. The van der Waals surface area contributed by atoms with Crippen LogP contribution < -0.4 is 10.2 Å². The minimum atomic E-state index is -0.131. The zero-order chi connectivity index (χ0) is 15.9. The van der Waals surface area contributed by atoms with E-state index in [9.17, 15) is 9.59 Å².